The third-order valence-corrected chi connectivity index (χ3v) is 7.61. The highest BCUT2D eigenvalue weighted by molar-refractivity contribution is 7.72. The van der Waals surface area contributed by atoms with Crippen LogP contribution in [-0.4, -0.2) is 56.3 Å². The van der Waals surface area contributed by atoms with E-state index in [0.29, 0.717) is 18.7 Å². The number of pyridine rings is 1. The van der Waals surface area contributed by atoms with Crippen molar-refractivity contribution in [3.63, 3.8) is 0 Å². The summed E-state index contributed by atoms with van der Waals surface area (Å²) in [7, 11) is 1.80. The van der Waals surface area contributed by atoms with E-state index in [2.05, 4.69) is 53.6 Å². The molecule has 7 nitrogen and oxygen atoms in total. The number of anilines is 1. The summed E-state index contributed by atoms with van der Waals surface area (Å²) in [5, 5.41) is 3.26. The summed E-state index contributed by atoms with van der Waals surface area (Å²) in [6.07, 6.45) is 7.36. The summed E-state index contributed by atoms with van der Waals surface area (Å²) >= 11 is 0. The van der Waals surface area contributed by atoms with Gasteiger partial charge in [0.2, 0.25) is 0 Å². The van der Waals surface area contributed by atoms with Crippen LogP contribution in [0.3, 0.4) is 0 Å². The summed E-state index contributed by atoms with van der Waals surface area (Å²) in [4.78, 5) is 21.2. The molecule has 1 aromatic heterocycles. The van der Waals surface area contributed by atoms with E-state index in [4.69, 9.17) is 0 Å². The van der Waals surface area contributed by atoms with Crippen LogP contribution in [0.4, 0.5) is 10.5 Å². The number of hydrogen-bond acceptors (Lipinski definition) is 5. The molecule has 1 saturated heterocycles. The van der Waals surface area contributed by atoms with E-state index in [1.807, 2.05) is 6.07 Å². The molecule has 2 aromatic rings. The molecule has 4 rings (SSSR count). The molecule has 1 N–H and O–H groups in total. The van der Waals surface area contributed by atoms with Crippen LogP contribution in [0.2, 0.25) is 0 Å². The van der Waals surface area contributed by atoms with Crippen molar-refractivity contribution in [2.75, 3.05) is 31.3 Å². The van der Waals surface area contributed by atoms with Crippen molar-refractivity contribution in [2.24, 2.45) is 0 Å². The van der Waals surface area contributed by atoms with Crippen molar-refractivity contribution >= 4 is 22.4 Å². The van der Waals surface area contributed by atoms with E-state index < -0.39 is 10.7 Å². The first kappa shape index (κ1) is 21.8. The van der Waals surface area contributed by atoms with Crippen molar-refractivity contribution < 1.29 is 13.2 Å². The zero-order chi connectivity index (χ0) is 22.1. The Hall–Kier alpha value is -2.45. The van der Waals surface area contributed by atoms with Crippen molar-refractivity contribution in [1.29, 1.82) is 0 Å². The van der Waals surface area contributed by atoms with Gasteiger partial charge in [-0.15, -0.1) is 0 Å². The smallest absolute Gasteiger partial charge is 0.322 e. The van der Waals surface area contributed by atoms with Crippen molar-refractivity contribution in [1.82, 2.24) is 15.2 Å². The Morgan fingerprint density at radius 3 is 2.45 bits per heavy atom. The number of nitrogens with one attached hydrogen (secondary N) is 1. The van der Waals surface area contributed by atoms with Crippen LogP contribution in [0.25, 0.3) is 0 Å². The van der Waals surface area contributed by atoms with E-state index >= 15 is 0 Å². The van der Waals surface area contributed by atoms with Gasteiger partial charge in [0, 0.05) is 11.7 Å². The Labute approximate surface area is 185 Å². The van der Waals surface area contributed by atoms with E-state index in [-0.39, 0.29) is 22.9 Å². The number of nitrogens with zero attached hydrogens (tertiary/aromatic N) is 3. The van der Waals surface area contributed by atoms with Gasteiger partial charge in [-0.25, -0.2) is 13.2 Å². The van der Waals surface area contributed by atoms with Crippen LogP contribution < -0.4 is 10.2 Å². The molecule has 8 heteroatoms. The zero-order valence-corrected chi connectivity index (χ0v) is 19.0. The fourth-order valence-electron chi connectivity index (χ4n) is 5.15. The molecule has 1 aliphatic carbocycles. The lowest BCUT2D eigenvalue weighted by Crippen LogP contribution is -2.54. The molecule has 1 spiro atoms. The number of aryl methyl sites for hydroxylation is 1. The van der Waals surface area contributed by atoms with Crippen molar-refractivity contribution in [2.45, 2.75) is 43.2 Å². The molecule has 1 aromatic carbocycles. The SMILES string of the molecule is CN(C)C1(c2ccccc2)CCC2(CC1)CN(c1cnccc1CC[SH](=O)=O)C(=O)N2. The lowest BCUT2D eigenvalue weighted by Gasteiger charge is -2.48. The number of benzene rings is 1. The van der Waals surface area contributed by atoms with E-state index in [9.17, 15) is 13.2 Å². The fourth-order valence-corrected chi connectivity index (χ4v) is 5.58. The maximum atomic E-state index is 13.0. The Morgan fingerprint density at radius 1 is 1.10 bits per heavy atom. The number of rotatable bonds is 6. The molecule has 2 amide bonds. The van der Waals surface area contributed by atoms with Gasteiger partial charge in [-0.2, -0.15) is 0 Å². The predicted molar refractivity (Wildman–Crippen MR) is 122 cm³/mol. The van der Waals surface area contributed by atoms with Crippen LogP contribution in [0.5, 0.6) is 0 Å². The summed E-state index contributed by atoms with van der Waals surface area (Å²) in [5.41, 5.74) is 2.55. The average Bonchev–Trinajstić information content (AvgIpc) is 3.09. The van der Waals surface area contributed by atoms with Gasteiger partial charge >= 0.3 is 6.03 Å². The molecule has 166 valence electrons. The minimum atomic E-state index is -2.46. The number of amides is 2. The number of thiol groups is 1. The number of carbonyl (C=O) groups is 1. The second kappa shape index (κ2) is 8.59. The van der Waals surface area contributed by atoms with Crippen molar-refractivity contribution in [3.8, 4) is 0 Å². The number of hydrogen-bond donors (Lipinski definition) is 2. The van der Waals surface area contributed by atoms with Gasteiger partial charge in [0.05, 0.1) is 29.7 Å². The van der Waals surface area contributed by atoms with Crippen LogP contribution in [0, 0.1) is 0 Å². The second-order valence-corrected chi connectivity index (χ2v) is 10.0. The first-order chi connectivity index (χ1) is 14.9. The molecule has 2 fully saturated rings. The molecule has 0 unspecified atom stereocenters. The summed E-state index contributed by atoms with van der Waals surface area (Å²) in [6.45, 7) is 0.576. The van der Waals surface area contributed by atoms with E-state index in [1.54, 1.807) is 23.4 Å². The lowest BCUT2D eigenvalue weighted by molar-refractivity contribution is 0.0658. The maximum absolute atomic E-state index is 13.0. The maximum Gasteiger partial charge on any atom is 0.322 e. The highest BCUT2D eigenvalue weighted by Gasteiger charge is 2.50. The third kappa shape index (κ3) is 4.19. The van der Waals surface area contributed by atoms with Crippen molar-refractivity contribution in [3.05, 3.63) is 59.9 Å². The van der Waals surface area contributed by atoms with Crippen LogP contribution in [-0.2, 0) is 22.7 Å². The topological polar surface area (TPSA) is 82.6 Å². The summed E-state index contributed by atoms with van der Waals surface area (Å²) in [5.74, 6) is 0.0649. The van der Waals surface area contributed by atoms with Crippen LogP contribution >= 0.6 is 0 Å². The van der Waals surface area contributed by atoms with Gasteiger partial charge in [0.15, 0.2) is 0 Å². The predicted octanol–water partition coefficient (Wildman–Crippen LogP) is 2.54. The molecule has 2 heterocycles. The Morgan fingerprint density at radius 2 is 1.81 bits per heavy atom. The summed E-state index contributed by atoms with van der Waals surface area (Å²) < 4.78 is 22.1. The van der Waals surface area contributed by atoms with Crippen LogP contribution in [0.15, 0.2) is 48.8 Å². The zero-order valence-electron chi connectivity index (χ0n) is 18.1. The molecule has 0 atom stereocenters. The highest BCUT2D eigenvalue weighted by Crippen LogP contribution is 2.46. The molecule has 31 heavy (non-hydrogen) atoms. The molecular weight excluding hydrogens is 412 g/mol. The molecule has 1 saturated carbocycles. The standard InChI is InChI=1S/C23H30N4O3S/c1-26(2)23(19-6-4-3-5-7-19)12-10-22(11-13-23)17-27(21(28)25-22)20-16-24-14-8-18(20)9-15-31(29)30/h3-8,14,16,31H,9-13,15,17H2,1-2H3,(H,25,28). The fraction of sp³-hybridized carbons (Fsp3) is 0.478. The third-order valence-electron chi connectivity index (χ3n) is 7.02. The number of carbonyl (C=O) groups excluding carboxylic acids is 1. The Bertz CT molecular complexity index is 1010. The second-order valence-electron chi connectivity index (χ2n) is 8.90. The van der Waals surface area contributed by atoms with E-state index in [1.165, 1.54) is 5.56 Å². The normalized spacial score (nSPS) is 26.1. The van der Waals surface area contributed by atoms with E-state index in [0.717, 1.165) is 31.2 Å². The highest BCUT2D eigenvalue weighted by atomic mass is 32.2. The van der Waals surface area contributed by atoms with Crippen LogP contribution in [0.1, 0.15) is 36.8 Å². The minimum Gasteiger partial charge on any atom is -0.330 e. The van der Waals surface area contributed by atoms with Gasteiger partial charge in [-0.05, 0) is 63.4 Å². The molecule has 2 aliphatic rings. The average molecular weight is 443 g/mol. The first-order valence-corrected chi connectivity index (χ1v) is 12.1. The van der Waals surface area contributed by atoms with Gasteiger partial charge in [0.25, 0.3) is 0 Å². The van der Waals surface area contributed by atoms with Gasteiger partial charge < -0.3 is 5.32 Å². The van der Waals surface area contributed by atoms with Gasteiger partial charge in [-0.3, -0.25) is 14.8 Å². The molecule has 0 bridgehead atoms. The van der Waals surface area contributed by atoms with Gasteiger partial charge in [-0.1, -0.05) is 30.3 Å². The number of urea groups is 1. The summed E-state index contributed by atoms with van der Waals surface area (Å²) in [6, 6.07) is 12.3. The van der Waals surface area contributed by atoms with Gasteiger partial charge in [0.1, 0.15) is 10.7 Å². The molecule has 0 radical (unpaired) electrons. The lowest BCUT2D eigenvalue weighted by atomic mass is 9.69. The molecule has 1 aliphatic heterocycles. The quantitative estimate of drug-likeness (QED) is 0.672. The Balaban J connectivity index is 1.54. The minimum absolute atomic E-state index is 0.0382. The monoisotopic (exact) mass is 442 g/mol. The Kier molecular flexibility index (Phi) is 6.03. The molecular formula is C23H30N4O3S. The first-order valence-electron chi connectivity index (χ1n) is 10.7. The largest absolute Gasteiger partial charge is 0.330 e. The number of aromatic nitrogens is 1.